The third-order valence-corrected chi connectivity index (χ3v) is 5.20. The molecule has 1 heterocycles. The summed E-state index contributed by atoms with van der Waals surface area (Å²) in [4.78, 5) is 24.5. The van der Waals surface area contributed by atoms with E-state index < -0.39 is 17.6 Å². The molecule has 1 aliphatic rings. The number of benzene rings is 2. The maximum atomic E-state index is 13.2. The van der Waals surface area contributed by atoms with Gasteiger partial charge in [-0.15, -0.1) is 0 Å². The lowest BCUT2D eigenvalue weighted by atomic mass is 10.1. The number of amides is 2. The normalized spacial score (nSPS) is 13.5. The summed E-state index contributed by atoms with van der Waals surface area (Å²) in [6.45, 7) is 1.37. The minimum atomic E-state index is -4.49. The lowest BCUT2D eigenvalue weighted by Gasteiger charge is -2.14. The van der Waals surface area contributed by atoms with Crippen LogP contribution in [0, 0.1) is 0 Å². The molecular weight excluding hydrogens is 437 g/mol. The molecule has 1 aromatic heterocycles. The van der Waals surface area contributed by atoms with E-state index in [9.17, 15) is 22.8 Å². The standard InChI is InChI=1S/C23H21F3N4O3/c1-13(31)28-16-8-9-20(33-2)19(11-16)29-22(32)18-12-27-30(21(18)14-6-7-14)17-5-3-4-15(10-17)23(24,25)26/h3-5,8-12,14H,6-7H2,1-2H3,(H,28,31)(H,29,32). The van der Waals surface area contributed by atoms with Crippen molar-refractivity contribution in [2.75, 3.05) is 17.7 Å². The van der Waals surface area contributed by atoms with Crippen molar-refractivity contribution in [1.29, 1.82) is 0 Å². The van der Waals surface area contributed by atoms with Gasteiger partial charge in [-0.25, -0.2) is 4.68 Å². The van der Waals surface area contributed by atoms with Gasteiger partial charge in [0.1, 0.15) is 5.75 Å². The van der Waals surface area contributed by atoms with Crippen LogP contribution in [0.2, 0.25) is 0 Å². The van der Waals surface area contributed by atoms with Crippen molar-refractivity contribution in [2.45, 2.75) is 31.9 Å². The molecule has 4 rings (SSSR count). The van der Waals surface area contributed by atoms with Crippen LogP contribution >= 0.6 is 0 Å². The predicted molar refractivity (Wildman–Crippen MR) is 116 cm³/mol. The highest BCUT2D eigenvalue weighted by Crippen LogP contribution is 2.43. The summed E-state index contributed by atoms with van der Waals surface area (Å²) < 4.78 is 46.2. The number of hydrogen-bond acceptors (Lipinski definition) is 4. The number of carbonyl (C=O) groups excluding carboxylic acids is 2. The molecule has 10 heteroatoms. The second-order valence-corrected chi connectivity index (χ2v) is 7.73. The SMILES string of the molecule is COc1ccc(NC(C)=O)cc1NC(=O)c1cnn(-c2cccc(C(F)(F)F)c2)c1C1CC1. The molecule has 2 aromatic carbocycles. The smallest absolute Gasteiger partial charge is 0.416 e. The number of carbonyl (C=O) groups is 2. The van der Waals surface area contributed by atoms with Gasteiger partial charge in [0, 0.05) is 18.5 Å². The zero-order valence-corrected chi connectivity index (χ0v) is 17.9. The highest BCUT2D eigenvalue weighted by molar-refractivity contribution is 6.06. The molecule has 0 spiro atoms. The largest absolute Gasteiger partial charge is 0.495 e. The van der Waals surface area contributed by atoms with Crippen LogP contribution in [0.1, 0.15) is 47.3 Å². The first kappa shape index (κ1) is 22.4. The van der Waals surface area contributed by atoms with Crippen LogP contribution in [0.25, 0.3) is 5.69 Å². The maximum Gasteiger partial charge on any atom is 0.416 e. The van der Waals surface area contributed by atoms with Crippen molar-refractivity contribution in [2.24, 2.45) is 0 Å². The Morgan fingerprint density at radius 1 is 1.12 bits per heavy atom. The number of hydrogen-bond donors (Lipinski definition) is 2. The van der Waals surface area contributed by atoms with E-state index in [-0.39, 0.29) is 23.1 Å². The van der Waals surface area contributed by atoms with Crippen molar-refractivity contribution in [3.8, 4) is 11.4 Å². The van der Waals surface area contributed by atoms with Crippen LogP contribution in [0.5, 0.6) is 5.75 Å². The molecule has 2 N–H and O–H groups in total. The van der Waals surface area contributed by atoms with Crippen LogP contribution in [-0.2, 0) is 11.0 Å². The Kier molecular flexibility index (Phi) is 5.84. The third-order valence-electron chi connectivity index (χ3n) is 5.20. The zero-order valence-electron chi connectivity index (χ0n) is 17.9. The number of anilines is 2. The molecule has 0 bridgehead atoms. The zero-order chi connectivity index (χ0) is 23.8. The van der Waals surface area contributed by atoms with Crippen LogP contribution in [0.3, 0.4) is 0 Å². The number of ether oxygens (including phenoxy) is 1. The Hall–Kier alpha value is -3.82. The summed E-state index contributed by atoms with van der Waals surface area (Å²) in [5.41, 5.74) is 1.08. The Labute approximate surface area is 187 Å². The van der Waals surface area contributed by atoms with E-state index in [1.807, 2.05) is 0 Å². The quantitative estimate of drug-likeness (QED) is 0.545. The monoisotopic (exact) mass is 458 g/mol. The highest BCUT2D eigenvalue weighted by atomic mass is 19.4. The number of aromatic nitrogens is 2. The molecule has 3 aromatic rings. The first-order chi connectivity index (χ1) is 15.7. The van der Waals surface area contributed by atoms with Crippen LogP contribution < -0.4 is 15.4 Å². The van der Waals surface area contributed by atoms with E-state index in [0.29, 0.717) is 22.8 Å². The average molecular weight is 458 g/mol. The molecule has 33 heavy (non-hydrogen) atoms. The Morgan fingerprint density at radius 2 is 1.88 bits per heavy atom. The fourth-order valence-corrected chi connectivity index (χ4v) is 3.58. The number of rotatable bonds is 6. The molecule has 7 nitrogen and oxygen atoms in total. The lowest BCUT2D eigenvalue weighted by molar-refractivity contribution is -0.137. The molecule has 2 amide bonds. The molecule has 0 unspecified atom stereocenters. The van der Waals surface area contributed by atoms with Crippen molar-refractivity contribution >= 4 is 23.2 Å². The van der Waals surface area contributed by atoms with Crippen LogP contribution in [-0.4, -0.2) is 28.7 Å². The Morgan fingerprint density at radius 3 is 2.52 bits per heavy atom. The van der Waals surface area contributed by atoms with Gasteiger partial charge in [-0.1, -0.05) is 6.07 Å². The number of methoxy groups -OCH3 is 1. The lowest BCUT2D eigenvalue weighted by Crippen LogP contribution is -2.15. The summed E-state index contributed by atoms with van der Waals surface area (Å²) in [6, 6.07) is 9.65. The van der Waals surface area contributed by atoms with E-state index in [1.165, 1.54) is 37.0 Å². The van der Waals surface area contributed by atoms with Gasteiger partial charge in [0.2, 0.25) is 5.91 Å². The Bertz CT molecular complexity index is 1220. The first-order valence-electron chi connectivity index (χ1n) is 10.2. The van der Waals surface area contributed by atoms with Gasteiger partial charge in [-0.3, -0.25) is 9.59 Å². The van der Waals surface area contributed by atoms with E-state index in [1.54, 1.807) is 18.2 Å². The van der Waals surface area contributed by atoms with Gasteiger partial charge >= 0.3 is 6.18 Å². The summed E-state index contributed by atoms with van der Waals surface area (Å²) in [5, 5.41) is 9.64. The second-order valence-electron chi connectivity index (χ2n) is 7.73. The van der Waals surface area contributed by atoms with Gasteiger partial charge in [0.25, 0.3) is 5.91 Å². The summed E-state index contributed by atoms with van der Waals surface area (Å²) in [6.07, 6.45) is -1.51. The van der Waals surface area contributed by atoms with Gasteiger partial charge in [0.15, 0.2) is 0 Å². The van der Waals surface area contributed by atoms with Crippen LogP contribution in [0.4, 0.5) is 24.5 Å². The average Bonchev–Trinajstić information content (AvgIpc) is 3.50. The van der Waals surface area contributed by atoms with E-state index in [4.69, 9.17) is 4.74 Å². The van der Waals surface area contributed by atoms with Crippen molar-refractivity contribution in [1.82, 2.24) is 9.78 Å². The highest BCUT2D eigenvalue weighted by Gasteiger charge is 2.34. The van der Waals surface area contributed by atoms with Crippen LogP contribution in [0.15, 0.2) is 48.7 Å². The second kappa shape index (κ2) is 8.61. The Balaban J connectivity index is 1.68. The van der Waals surface area contributed by atoms with E-state index in [0.717, 1.165) is 25.0 Å². The van der Waals surface area contributed by atoms with Gasteiger partial charge < -0.3 is 15.4 Å². The topological polar surface area (TPSA) is 85.2 Å². The first-order valence-corrected chi connectivity index (χ1v) is 10.2. The molecule has 0 radical (unpaired) electrons. The minimum absolute atomic E-state index is 0.0235. The van der Waals surface area contributed by atoms with Crippen molar-refractivity contribution < 1.29 is 27.5 Å². The molecule has 1 aliphatic carbocycles. The van der Waals surface area contributed by atoms with E-state index in [2.05, 4.69) is 15.7 Å². The molecule has 0 aliphatic heterocycles. The maximum absolute atomic E-state index is 13.2. The molecule has 1 fully saturated rings. The summed E-state index contributed by atoms with van der Waals surface area (Å²) in [7, 11) is 1.45. The number of alkyl halides is 3. The molecule has 172 valence electrons. The molecular formula is C23H21F3N4O3. The van der Waals surface area contributed by atoms with Gasteiger partial charge in [-0.2, -0.15) is 18.3 Å². The third kappa shape index (κ3) is 4.84. The van der Waals surface area contributed by atoms with Crippen molar-refractivity contribution in [3.05, 3.63) is 65.5 Å². The fraction of sp³-hybridized carbons (Fsp3) is 0.261. The molecule has 0 atom stereocenters. The van der Waals surface area contributed by atoms with E-state index >= 15 is 0 Å². The number of halogens is 3. The minimum Gasteiger partial charge on any atom is -0.495 e. The number of nitrogens with one attached hydrogen (secondary N) is 2. The summed E-state index contributed by atoms with van der Waals surface area (Å²) in [5.74, 6) is -0.338. The fourth-order valence-electron chi connectivity index (χ4n) is 3.58. The van der Waals surface area contributed by atoms with Gasteiger partial charge in [-0.05, 0) is 49.2 Å². The molecule has 0 saturated heterocycles. The summed E-state index contributed by atoms with van der Waals surface area (Å²) >= 11 is 0. The predicted octanol–water partition coefficient (Wildman–Crippen LogP) is 4.99. The number of nitrogens with zero attached hydrogens (tertiary/aromatic N) is 2. The van der Waals surface area contributed by atoms with Crippen molar-refractivity contribution in [3.63, 3.8) is 0 Å². The molecule has 1 saturated carbocycles. The van der Waals surface area contributed by atoms with Gasteiger partial charge in [0.05, 0.1) is 41.5 Å².